The number of carbonyl (C=O) groups excluding carboxylic acids is 2. The molecule has 3 N–H and O–H groups in total. The zero-order valence-corrected chi connectivity index (χ0v) is 12.2. The predicted octanol–water partition coefficient (Wildman–Crippen LogP) is -0.396. The second kappa shape index (κ2) is 8.80. The number of hydrogen-bond acceptors (Lipinski definition) is 6. The zero-order chi connectivity index (χ0) is 15.0. The topological polar surface area (TPSA) is 105 Å². The van der Waals surface area contributed by atoms with E-state index in [2.05, 4.69) is 15.4 Å². The molecule has 0 bridgehead atoms. The standard InChI is InChI=1S/C12H20N2O5S/c1-19-11(16)3-2-9(12(17)18)14-10(15)6-8-7-20-5-4-13-8/h8-9,13H,2-7H2,1H3,(H,14,15)(H,17,18)/t8?,9-/m0/s1. The molecule has 1 rings (SSSR count). The Morgan fingerprint density at radius 1 is 1.50 bits per heavy atom. The third-order valence-electron chi connectivity index (χ3n) is 2.93. The van der Waals surface area contributed by atoms with E-state index in [4.69, 9.17) is 5.11 Å². The molecule has 7 nitrogen and oxygen atoms in total. The third kappa shape index (κ3) is 6.25. The molecule has 1 fully saturated rings. The Kier molecular flexibility index (Phi) is 7.38. The van der Waals surface area contributed by atoms with Crippen LogP contribution in [0.3, 0.4) is 0 Å². The lowest BCUT2D eigenvalue weighted by Gasteiger charge is -2.23. The highest BCUT2D eigenvalue weighted by molar-refractivity contribution is 7.99. The SMILES string of the molecule is COC(=O)CC[C@H](NC(=O)CC1CSCCN1)C(=O)O. The first-order valence-electron chi connectivity index (χ1n) is 6.43. The van der Waals surface area contributed by atoms with Gasteiger partial charge < -0.3 is 20.5 Å². The first kappa shape index (κ1) is 16.8. The van der Waals surface area contributed by atoms with Crippen LogP contribution in [0.1, 0.15) is 19.3 Å². The molecule has 114 valence electrons. The van der Waals surface area contributed by atoms with Crippen LogP contribution in [0.5, 0.6) is 0 Å². The van der Waals surface area contributed by atoms with Crippen molar-refractivity contribution >= 4 is 29.6 Å². The first-order chi connectivity index (χ1) is 9.52. The van der Waals surface area contributed by atoms with Crippen molar-refractivity contribution in [2.45, 2.75) is 31.3 Å². The summed E-state index contributed by atoms with van der Waals surface area (Å²) in [6.07, 6.45) is 0.237. The van der Waals surface area contributed by atoms with E-state index in [0.29, 0.717) is 0 Å². The zero-order valence-electron chi connectivity index (χ0n) is 11.4. The highest BCUT2D eigenvalue weighted by Crippen LogP contribution is 2.10. The highest BCUT2D eigenvalue weighted by atomic mass is 32.2. The minimum Gasteiger partial charge on any atom is -0.480 e. The van der Waals surface area contributed by atoms with Gasteiger partial charge in [0.2, 0.25) is 5.91 Å². The van der Waals surface area contributed by atoms with Crippen molar-refractivity contribution in [1.29, 1.82) is 0 Å². The van der Waals surface area contributed by atoms with Gasteiger partial charge in [0, 0.05) is 36.9 Å². The maximum absolute atomic E-state index is 11.8. The molecule has 1 unspecified atom stereocenters. The molecule has 1 aliphatic heterocycles. The second-order valence-corrected chi connectivity index (χ2v) is 5.65. The van der Waals surface area contributed by atoms with E-state index in [9.17, 15) is 14.4 Å². The molecule has 0 spiro atoms. The maximum Gasteiger partial charge on any atom is 0.326 e. The molecule has 1 heterocycles. The fraction of sp³-hybridized carbons (Fsp3) is 0.750. The number of rotatable bonds is 7. The van der Waals surface area contributed by atoms with Crippen molar-refractivity contribution in [2.75, 3.05) is 25.2 Å². The number of esters is 1. The van der Waals surface area contributed by atoms with Gasteiger partial charge in [-0.2, -0.15) is 11.8 Å². The number of nitrogens with one attached hydrogen (secondary N) is 2. The van der Waals surface area contributed by atoms with E-state index >= 15 is 0 Å². The summed E-state index contributed by atoms with van der Waals surface area (Å²) in [7, 11) is 1.24. The summed E-state index contributed by atoms with van der Waals surface area (Å²) in [5.74, 6) is -0.0890. The minimum atomic E-state index is -1.15. The number of carboxylic acids is 1. The molecule has 2 atom stereocenters. The first-order valence-corrected chi connectivity index (χ1v) is 7.58. The Morgan fingerprint density at radius 3 is 2.80 bits per heavy atom. The molecular weight excluding hydrogens is 284 g/mol. The van der Waals surface area contributed by atoms with Crippen molar-refractivity contribution in [3.8, 4) is 0 Å². The molecule has 1 aliphatic rings. The highest BCUT2D eigenvalue weighted by Gasteiger charge is 2.23. The molecule has 0 radical (unpaired) electrons. The minimum absolute atomic E-state index is 0.0284. The second-order valence-electron chi connectivity index (χ2n) is 4.50. The fourth-order valence-electron chi connectivity index (χ4n) is 1.85. The van der Waals surface area contributed by atoms with Crippen LogP contribution < -0.4 is 10.6 Å². The van der Waals surface area contributed by atoms with Crippen molar-refractivity contribution in [2.24, 2.45) is 0 Å². The van der Waals surface area contributed by atoms with Crippen LogP contribution in [0.2, 0.25) is 0 Å². The van der Waals surface area contributed by atoms with Gasteiger partial charge in [0.05, 0.1) is 7.11 Å². The predicted molar refractivity (Wildman–Crippen MR) is 74.5 cm³/mol. The van der Waals surface area contributed by atoms with Crippen LogP contribution in [0.4, 0.5) is 0 Å². The van der Waals surface area contributed by atoms with E-state index in [-0.39, 0.29) is 31.2 Å². The average molecular weight is 304 g/mol. The number of aliphatic carboxylic acids is 1. The van der Waals surface area contributed by atoms with Gasteiger partial charge in [-0.05, 0) is 6.42 Å². The third-order valence-corrected chi connectivity index (χ3v) is 4.06. The van der Waals surface area contributed by atoms with Crippen LogP contribution in [-0.4, -0.2) is 60.2 Å². The monoisotopic (exact) mass is 304 g/mol. The number of amides is 1. The van der Waals surface area contributed by atoms with Gasteiger partial charge in [0.15, 0.2) is 0 Å². The molecule has 0 aromatic carbocycles. The number of ether oxygens (including phenoxy) is 1. The number of thioether (sulfide) groups is 1. The Hall–Kier alpha value is -1.28. The van der Waals surface area contributed by atoms with Gasteiger partial charge in [-0.1, -0.05) is 0 Å². The average Bonchev–Trinajstić information content (AvgIpc) is 2.43. The van der Waals surface area contributed by atoms with Gasteiger partial charge >= 0.3 is 11.9 Å². The molecule has 20 heavy (non-hydrogen) atoms. The van der Waals surface area contributed by atoms with Crippen LogP contribution in [-0.2, 0) is 19.1 Å². The lowest BCUT2D eigenvalue weighted by molar-refractivity contribution is -0.144. The quantitative estimate of drug-likeness (QED) is 0.550. The molecule has 1 saturated heterocycles. The number of hydrogen-bond donors (Lipinski definition) is 3. The normalized spacial score (nSPS) is 19.9. The van der Waals surface area contributed by atoms with Crippen LogP contribution in [0.15, 0.2) is 0 Å². The maximum atomic E-state index is 11.8. The summed E-state index contributed by atoms with van der Waals surface area (Å²) in [6.45, 7) is 0.854. The Bertz CT molecular complexity index is 358. The largest absolute Gasteiger partial charge is 0.480 e. The summed E-state index contributed by atoms with van der Waals surface area (Å²) >= 11 is 1.77. The summed E-state index contributed by atoms with van der Waals surface area (Å²) in [6, 6.07) is -0.985. The number of carboxylic acid groups (broad SMARTS) is 1. The lowest BCUT2D eigenvalue weighted by atomic mass is 10.1. The van der Waals surface area contributed by atoms with Crippen molar-refractivity contribution in [3.05, 3.63) is 0 Å². The van der Waals surface area contributed by atoms with Gasteiger partial charge in [0.1, 0.15) is 6.04 Å². The lowest BCUT2D eigenvalue weighted by Crippen LogP contribution is -2.46. The van der Waals surface area contributed by atoms with Crippen molar-refractivity contribution < 1.29 is 24.2 Å². The summed E-state index contributed by atoms with van der Waals surface area (Å²) < 4.78 is 4.45. The smallest absolute Gasteiger partial charge is 0.326 e. The van der Waals surface area contributed by atoms with Gasteiger partial charge in [-0.25, -0.2) is 4.79 Å². The van der Waals surface area contributed by atoms with Gasteiger partial charge in [0.25, 0.3) is 0 Å². The van der Waals surface area contributed by atoms with Crippen molar-refractivity contribution in [3.63, 3.8) is 0 Å². The Balaban J connectivity index is 2.37. The van der Waals surface area contributed by atoms with Crippen molar-refractivity contribution in [1.82, 2.24) is 10.6 Å². The van der Waals surface area contributed by atoms with E-state index in [1.165, 1.54) is 7.11 Å². The molecular formula is C12H20N2O5S. The number of methoxy groups -OCH3 is 1. The summed E-state index contributed by atoms with van der Waals surface area (Å²) in [5, 5.41) is 14.7. The molecule has 0 aliphatic carbocycles. The Morgan fingerprint density at radius 2 is 2.25 bits per heavy atom. The molecule has 0 aromatic rings. The van der Waals surface area contributed by atoms with Gasteiger partial charge in [-0.3, -0.25) is 9.59 Å². The van der Waals surface area contributed by atoms with E-state index in [0.717, 1.165) is 18.1 Å². The summed E-state index contributed by atoms with van der Waals surface area (Å²) in [5.41, 5.74) is 0. The van der Waals surface area contributed by atoms with E-state index in [1.807, 2.05) is 0 Å². The molecule has 0 aromatic heterocycles. The Labute approximate surface area is 121 Å². The van der Waals surface area contributed by atoms with Gasteiger partial charge in [-0.15, -0.1) is 0 Å². The van der Waals surface area contributed by atoms with E-state index < -0.39 is 18.0 Å². The van der Waals surface area contributed by atoms with Crippen LogP contribution in [0, 0.1) is 0 Å². The van der Waals surface area contributed by atoms with Crippen LogP contribution >= 0.6 is 11.8 Å². The molecule has 8 heteroatoms. The van der Waals surface area contributed by atoms with E-state index in [1.54, 1.807) is 11.8 Å². The number of carbonyl (C=O) groups is 3. The molecule has 0 saturated carbocycles. The van der Waals surface area contributed by atoms with Crippen LogP contribution in [0.25, 0.3) is 0 Å². The summed E-state index contributed by atoms with van der Waals surface area (Å²) in [4.78, 5) is 33.8. The fourth-order valence-corrected chi connectivity index (χ4v) is 2.80. The molecule has 1 amide bonds.